The van der Waals surface area contributed by atoms with E-state index in [-0.39, 0.29) is 138 Å². The molecule has 3 amide bonds. The van der Waals surface area contributed by atoms with Gasteiger partial charge in [-0.1, -0.05) is 112 Å². The summed E-state index contributed by atoms with van der Waals surface area (Å²) in [7, 11) is 6.56. The Morgan fingerprint density at radius 2 is 0.898 bits per heavy atom. The lowest BCUT2D eigenvalue weighted by atomic mass is 10.0. The van der Waals surface area contributed by atoms with E-state index in [4.69, 9.17) is 47.3 Å². The highest BCUT2D eigenvalue weighted by Crippen LogP contribution is 2.33. The molecule has 726 valence electrons. The minimum absolute atomic E-state index is 0.0181. The van der Waals surface area contributed by atoms with Crippen LogP contribution in [0.15, 0.2) is 158 Å². The zero-order chi connectivity index (χ0) is 101. The van der Waals surface area contributed by atoms with Crippen molar-refractivity contribution < 1.29 is 128 Å². The number of rotatable bonds is 22. The number of nitrogens with one attached hydrogen (secondary N) is 3. The van der Waals surface area contributed by atoms with Crippen molar-refractivity contribution in [3.63, 3.8) is 0 Å². The van der Waals surface area contributed by atoms with Crippen LogP contribution in [0.2, 0.25) is 10.0 Å². The minimum Gasteiger partial charge on any atom is -0.480 e. The maximum Gasteiger partial charge on any atom is 0.337 e. The van der Waals surface area contributed by atoms with E-state index in [9.17, 15) is 89.5 Å². The van der Waals surface area contributed by atoms with Gasteiger partial charge >= 0.3 is 47.8 Å². The zero-order valence-electron chi connectivity index (χ0n) is 77.7. The summed E-state index contributed by atoms with van der Waals surface area (Å²) in [6.07, 6.45) is 9.81. The van der Waals surface area contributed by atoms with Crippen LogP contribution in [0.3, 0.4) is 0 Å². The van der Waals surface area contributed by atoms with Crippen LogP contribution in [-0.4, -0.2) is 202 Å². The number of likely N-dealkylation sites (tertiary alicyclic amines) is 1. The van der Waals surface area contributed by atoms with Crippen molar-refractivity contribution in [2.45, 2.75) is 163 Å². The van der Waals surface area contributed by atoms with E-state index in [1.807, 2.05) is 45.0 Å². The number of ketones is 4. The molecular weight excluding hydrogens is 1890 g/mol. The topological polar surface area (TPSA) is 395 Å². The molecule has 0 spiro atoms. The number of carbonyl (C=O) groups excluding carboxylic acids is 14. The van der Waals surface area contributed by atoms with Gasteiger partial charge in [0.2, 0.25) is 17.7 Å². The van der Waals surface area contributed by atoms with Gasteiger partial charge in [-0.15, -0.1) is 0 Å². The molecule has 3 aromatic heterocycles. The first kappa shape index (κ1) is 109. The minimum atomic E-state index is -1.41. The number of nitrogens with zero attached hydrogens (tertiary/aromatic N) is 4. The number of amides is 3. The number of fused-ring (bicyclic) bond motifs is 5. The molecule has 2 fully saturated rings. The molecule has 137 heavy (non-hydrogen) atoms. The van der Waals surface area contributed by atoms with Gasteiger partial charge in [-0.05, 0) is 177 Å². The summed E-state index contributed by atoms with van der Waals surface area (Å²) in [5.74, 6) is -7.03. The molecule has 7 aromatic carbocycles. The van der Waals surface area contributed by atoms with Crippen LogP contribution in [-0.2, 0) is 112 Å². The first-order valence-electron chi connectivity index (χ1n) is 42.5. The standard InChI is InChI=1S/C26H24ClF2N3O5.C18H21NO5.C14H13NO5.C13H12O3.C12H13ClF2N2O.C11H10O2.C6H11BrO2/c1-14(33)19-12-31(21-8-15(26(36)37-2)6-7-18(19)21)13-23(34)32-11-17(28)9-22(32)25(35)30-10-16-4-3-5-20(27)24(16)29;1-11(20)14-9-19(10-16(21)24-18(2,3)4)15-8-12(17(22)23-5)6-7-13(14)15;1-8(16)11-6-15(7-13(17)18)12-5-9(14(19)20-2)3-4-10(11)12;1-8(14)11-5-3-9-7-10(13(15)16-2)4-6-12(9)11;13-9-3-1-2-7(11(9)15)5-17-12(18)10-4-8(14)6-16-10;1-13-11(12)10-6-5-8-3-2-4-9(8)7-10;1-6(2,3)9-5(8)4-7/h3-8,12,17,22H,9-11,13H2,1-2H3,(H,30,35);6-9H,10H2,1-5H3;3-6H,7H2,1-2H3,(H,17,18);4-7H,3H2,1-2H3;1-3,8,10,16H,4-6H2,(H,17,18);2-3,5-7H,4H2,1H3;4H2,1-3H3/t17-,22+;;;;8-,10+;;/m1...1../s1. The Kier molecular flexibility index (Phi) is 38.9. The van der Waals surface area contributed by atoms with Crippen molar-refractivity contribution in [3.8, 4) is 0 Å². The zero-order valence-corrected chi connectivity index (χ0v) is 80.8. The number of carboxylic acids is 1. The third kappa shape index (κ3) is 29.9. The molecule has 4 aliphatic rings. The van der Waals surface area contributed by atoms with Crippen molar-refractivity contribution >= 4 is 172 Å². The number of benzene rings is 7. The van der Waals surface area contributed by atoms with Gasteiger partial charge in [0.25, 0.3) is 0 Å². The number of aliphatic carboxylic acids is 1. The number of hydrogen-bond donors (Lipinski definition) is 4. The van der Waals surface area contributed by atoms with E-state index >= 15 is 0 Å². The van der Waals surface area contributed by atoms with Gasteiger partial charge in [0.15, 0.2) is 23.1 Å². The summed E-state index contributed by atoms with van der Waals surface area (Å²) in [5, 5.41) is 18.8. The Bertz CT molecular complexity index is 6360. The van der Waals surface area contributed by atoms with Crippen LogP contribution in [0, 0.1) is 11.6 Å². The number of carbonyl (C=O) groups is 15. The van der Waals surface area contributed by atoms with Crippen LogP contribution >= 0.6 is 39.1 Å². The van der Waals surface area contributed by atoms with Gasteiger partial charge in [-0.2, -0.15) is 0 Å². The highest BCUT2D eigenvalue weighted by molar-refractivity contribution is 9.09. The number of allylic oxidation sites excluding steroid dienone is 3. The summed E-state index contributed by atoms with van der Waals surface area (Å²) >= 11 is 14.4. The van der Waals surface area contributed by atoms with E-state index in [0.29, 0.717) is 83.6 Å². The SMILES string of the molecule is CC(C)(C)OC(=O)CBr.COC(=O)c1ccc2c(C(C)=O)cn(CC(=O)N3C[C@H](F)C[C@H]3C(=O)NCc3cccc(Cl)c3F)c2c1.COC(=O)c1ccc2c(C(C)=O)cn(CC(=O)O)c2c1.COC(=O)c1ccc2c(C(C)=O)cn(CC(=O)OC(C)(C)C)c2c1.COC(=O)c1ccc2c(c1)CC=C2.COC(=O)c1ccc2c(c1)CC=C2C(C)=O.O=C(NCc1cccc(Cl)c1F)[C@@H]1C[C@@H](F)CN1. The second kappa shape index (κ2) is 49.1. The Morgan fingerprint density at radius 3 is 1.30 bits per heavy atom. The average molecular weight is 2000 g/mol. The van der Waals surface area contributed by atoms with Crippen LogP contribution in [0.25, 0.3) is 44.4 Å². The predicted molar refractivity (Wildman–Crippen MR) is 506 cm³/mol. The van der Waals surface area contributed by atoms with Gasteiger partial charge in [-0.3, -0.25) is 47.9 Å². The molecule has 14 rings (SSSR count). The van der Waals surface area contributed by atoms with Gasteiger partial charge in [0.1, 0.15) is 66.2 Å². The highest BCUT2D eigenvalue weighted by Gasteiger charge is 2.40. The molecule has 0 bridgehead atoms. The fourth-order valence-electron chi connectivity index (χ4n) is 14.7. The molecule has 2 aliphatic carbocycles. The Balaban J connectivity index is 0.000000204. The fraction of sp³-hybridized carbons (Fsp3) is 0.330. The van der Waals surface area contributed by atoms with Crippen molar-refractivity contribution in [3.05, 3.63) is 258 Å². The maximum absolute atomic E-state index is 14.4. The molecule has 30 nitrogen and oxygen atoms in total. The van der Waals surface area contributed by atoms with E-state index in [0.717, 1.165) is 28.0 Å². The number of alkyl halides is 3. The van der Waals surface area contributed by atoms with Crippen molar-refractivity contribution in [2.24, 2.45) is 0 Å². The third-order valence-electron chi connectivity index (χ3n) is 21.1. The summed E-state index contributed by atoms with van der Waals surface area (Å²) in [6.45, 7) is 15.8. The molecule has 0 unspecified atom stereocenters. The van der Waals surface area contributed by atoms with Gasteiger partial charge in [0, 0.05) is 101 Å². The van der Waals surface area contributed by atoms with E-state index < -0.39 is 83.3 Å². The normalized spacial score (nSPS) is 14.6. The quantitative estimate of drug-likeness (QED) is 0.0161. The molecule has 4 N–H and O–H groups in total. The number of halogens is 7. The molecule has 5 heterocycles. The number of Topliss-reactive ketones (excluding diaryl/α,β-unsaturated/α-hetero) is 4. The van der Waals surface area contributed by atoms with Crippen LogP contribution in [0.1, 0.15) is 198 Å². The van der Waals surface area contributed by atoms with Crippen LogP contribution in [0.4, 0.5) is 17.6 Å². The van der Waals surface area contributed by atoms with Crippen molar-refractivity contribution in [1.29, 1.82) is 0 Å². The number of methoxy groups -OCH3 is 5. The largest absolute Gasteiger partial charge is 0.480 e. The molecule has 37 heteroatoms. The van der Waals surface area contributed by atoms with Gasteiger partial charge in [0.05, 0.1) is 103 Å². The lowest BCUT2D eigenvalue weighted by Crippen LogP contribution is -2.46. The second-order valence-electron chi connectivity index (χ2n) is 33.4. The molecule has 4 atom stereocenters. The average Bonchev–Trinajstić information content (AvgIpc) is 1.63. The molecule has 0 radical (unpaired) electrons. The molecule has 2 saturated heterocycles. The number of carboxylic acid groups (broad SMARTS) is 1. The maximum atomic E-state index is 14.4. The first-order chi connectivity index (χ1) is 64.6. The highest BCUT2D eigenvalue weighted by atomic mass is 79.9. The van der Waals surface area contributed by atoms with Crippen molar-refractivity contribution in [2.75, 3.05) is 54.0 Å². The summed E-state index contributed by atoms with van der Waals surface area (Å²) in [6, 6.07) is 32.5. The smallest absolute Gasteiger partial charge is 0.337 e. The molecule has 10 aromatic rings. The summed E-state index contributed by atoms with van der Waals surface area (Å²) in [4.78, 5) is 177. The monoisotopic (exact) mass is 2000 g/mol. The number of ether oxygens (including phenoxy) is 7. The fourth-order valence-corrected chi connectivity index (χ4v) is 15.2. The Morgan fingerprint density at radius 1 is 0.489 bits per heavy atom. The molecule has 2 aliphatic heterocycles. The van der Waals surface area contributed by atoms with Crippen LogP contribution < -0.4 is 16.0 Å². The van der Waals surface area contributed by atoms with E-state index in [1.165, 1.54) is 131 Å². The Hall–Kier alpha value is -13.8. The summed E-state index contributed by atoms with van der Waals surface area (Å²) in [5.41, 5.74) is 9.46. The first-order valence-corrected chi connectivity index (χ1v) is 44.4. The second-order valence-corrected chi connectivity index (χ2v) is 34.7. The van der Waals surface area contributed by atoms with E-state index in [1.54, 1.807) is 105 Å². The molecule has 0 saturated carbocycles. The lowest BCUT2D eigenvalue weighted by Gasteiger charge is -2.24. The number of hydrogen-bond acceptors (Lipinski definition) is 23. The molecular formula is C100H104BrCl2F4N7O23. The summed E-state index contributed by atoms with van der Waals surface area (Å²) < 4.78 is 93.1. The Labute approximate surface area is 804 Å². The predicted octanol–water partition coefficient (Wildman–Crippen LogP) is 15.9. The van der Waals surface area contributed by atoms with Crippen molar-refractivity contribution in [1.82, 2.24) is 34.6 Å². The van der Waals surface area contributed by atoms with Gasteiger partial charge in [-0.25, -0.2) is 41.5 Å². The van der Waals surface area contributed by atoms with Crippen LogP contribution in [0.5, 0.6) is 0 Å². The van der Waals surface area contributed by atoms with Gasteiger partial charge < -0.3 is 72.8 Å². The van der Waals surface area contributed by atoms with E-state index in [2.05, 4.69) is 58.2 Å². The third-order valence-corrected chi connectivity index (χ3v) is 22.1. The number of esters is 7. The number of aromatic nitrogens is 3. The lowest BCUT2D eigenvalue weighted by molar-refractivity contribution is -0.155.